The summed E-state index contributed by atoms with van der Waals surface area (Å²) in [5, 5.41) is 13.4. The molecule has 282 valence electrons. The van der Waals surface area contributed by atoms with E-state index in [1.54, 1.807) is 0 Å². The van der Waals surface area contributed by atoms with Crippen molar-refractivity contribution in [3.8, 4) is 35.6 Å². The maximum atomic E-state index is 17.8. The van der Waals surface area contributed by atoms with Crippen LogP contribution < -0.4 is 20.7 Å². The average molecular weight is 760 g/mol. The number of benzene rings is 3. The molecule has 6 heterocycles. The summed E-state index contributed by atoms with van der Waals surface area (Å²) in [5.74, 6) is -0.264. The van der Waals surface area contributed by atoms with Crippen LogP contribution in [0.2, 0.25) is 0 Å². The number of ether oxygens (including phenoxy) is 1. The molecule has 3 N–H and O–H groups in total. The lowest BCUT2D eigenvalue weighted by Crippen LogP contribution is -2.58. The first kappa shape index (κ1) is 35.3. The molecule has 0 radical (unpaired) electrons. The fraction of sp³-hybridized carbons (Fsp3) is 0.375. The van der Waals surface area contributed by atoms with Crippen molar-refractivity contribution in [2.45, 2.75) is 68.4 Å². The van der Waals surface area contributed by atoms with Crippen LogP contribution in [0.5, 0.6) is 6.01 Å². The number of rotatable bonds is 4. The fourth-order valence-electron chi connectivity index (χ4n) is 9.85. The third kappa shape index (κ3) is 5.20. The number of anilines is 2. The van der Waals surface area contributed by atoms with Crippen molar-refractivity contribution < 1.29 is 35.5 Å². The minimum atomic E-state index is -5.27. The van der Waals surface area contributed by atoms with Crippen molar-refractivity contribution in [1.82, 2.24) is 20.2 Å². The summed E-state index contributed by atoms with van der Waals surface area (Å²) in [4.78, 5) is 12.9. The third-order valence-electron chi connectivity index (χ3n) is 12.2. The number of nitrogen functional groups attached to an aromatic ring is 1. The van der Waals surface area contributed by atoms with Gasteiger partial charge in [-0.1, -0.05) is 18.6 Å². The molecule has 4 atom stereocenters. The van der Waals surface area contributed by atoms with E-state index in [1.165, 1.54) is 12.1 Å². The summed E-state index contributed by atoms with van der Waals surface area (Å²) in [7, 11) is 0. The maximum absolute atomic E-state index is 17.8. The fourth-order valence-corrected chi connectivity index (χ4v) is 9.85. The molecular weight excluding hydrogens is 727 g/mol. The summed E-state index contributed by atoms with van der Waals surface area (Å²) in [6, 6.07) is 4.39. The number of nitriles is 1. The molecule has 0 aliphatic carbocycles. The minimum absolute atomic E-state index is 0.00241. The lowest BCUT2D eigenvalue weighted by molar-refractivity contribution is -0.137. The van der Waals surface area contributed by atoms with Crippen LogP contribution >= 0.6 is 0 Å². The topological polar surface area (TPSA) is 103 Å². The van der Waals surface area contributed by atoms with Gasteiger partial charge in [0.1, 0.15) is 29.8 Å². The van der Waals surface area contributed by atoms with Crippen LogP contribution in [0.3, 0.4) is 0 Å². The summed E-state index contributed by atoms with van der Waals surface area (Å²) in [5.41, 5.74) is -0.0152. The molecule has 1 aromatic heterocycles. The number of alkyl halides is 3. The van der Waals surface area contributed by atoms with Gasteiger partial charge in [-0.2, -0.15) is 37.2 Å². The lowest BCUT2D eigenvalue weighted by Gasteiger charge is -2.41. The van der Waals surface area contributed by atoms with E-state index in [-0.39, 0.29) is 82.9 Å². The number of nitrogens with zero attached hydrogens (tertiary/aromatic N) is 5. The molecule has 4 saturated heterocycles. The van der Waals surface area contributed by atoms with Gasteiger partial charge >= 0.3 is 12.2 Å². The number of aromatic nitrogens is 2. The zero-order valence-electron chi connectivity index (χ0n) is 29.2. The van der Waals surface area contributed by atoms with Crippen LogP contribution in [0.4, 0.5) is 42.2 Å². The second-order valence-electron chi connectivity index (χ2n) is 15.1. The Morgan fingerprint density at radius 3 is 2.65 bits per heavy atom. The summed E-state index contributed by atoms with van der Waals surface area (Å²) in [6.07, 6.45) is 1.59. The highest BCUT2D eigenvalue weighted by Gasteiger charge is 2.50. The standard InChI is InChI=1S/C40H32F7N7O/c1-3-22-24(41)7-5-19-12-25(49)23(14-48)30(29(19)22)31-33(40(45,46)47)28-18(2)11-27-26-8-6-21(50-26)16-54(27)37-32(28)35(34(31)42)51-38(52-37)55-17-39-9-4-10-53(39)15-20(13-39)36(43)44/h1,5,7,12,21,26-27,50H,2,4,6,8-11,13,15-17,49H2/t21-,26?,27-,39+/m1/s1. The van der Waals surface area contributed by atoms with Gasteiger partial charge in [0.15, 0.2) is 5.82 Å². The number of nitrogens with two attached hydrogens (primary N) is 1. The zero-order valence-corrected chi connectivity index (χ0v) is 29.2. The molecule has 2 bridgehead atoms. The monoisotopic (exact) mass is 759 g/mol. The molecule has 4 aromatic rings. The number of fused-ring (bicyclic) bond motifs is 7. The van der Waals surface area contributed by atoms with Gasteiger partial charge in [0.05, 0.1) is 33.3 Å². The molecule has 15 heteroatoms. The molecule has 0 amide bonds. The van der Waals surface area contributed by atoms with Gasteiger partial charge in [-0.15, -0.1) is 6.42 Å². The van der Waals surface area contributed by atoms with Crippen molar-refractivity contribution in [2.24, 2.45) is 0 Å². The van der Waals surface area contributed by atoms with Crippen LogP contribution in [0.15, 0.2) is 36.4 Å². The van der Waals surface area contributed by atoms with Gasteiger partial charge in [0.25, 0.3) is 6.08 Å². The number of terminal acetylenes is 1. The Hall–Kier alpha value is -5.38. The summed E-state index contributed by atoms with van der Waals surface area (Å²) >= 11 is 0. The van der Waals surface area contributed by atoms with Crippen molar-refractivity contribution in [1.29, 1.82) is 5.26 Å². The molecule has 4 fully saturated rings. The Balaban J connectivity index is 1.36. The predicted molar refractivity (Wildman–Crippen MR) is 192 cm³/mol. The molecule has 0 saturated carbocycles. The van der Waals surface area contributed by atoms with Crippen LogP contribution in [0, 0.1) is 35.3 Å². The average Bonchev–Trinajstić information content (AvgIpc) is 3.81. The molecule has 8 nitrogen and oxygen atoms in total. The van der Waals surface area contributed by atoms with Crippen LogP contribution in [-0.4, -0.2) is 64.8 Å². The first-order chi connectivity index (χ1) is 26.2. The van der Waals surface area contributed by atoms with E-state index in [0.717, 1.165) is 25.3 Å². The Morgan fingerprint density at radius 1 is 1.13 bits per heavy atom. The van der Waals surface area contributed by atoms with Gasteiger partial charge in [-0.3, -0.25) is 4.90 Å². The SMILES string of the molecule is C#Cc1c(F)ccc2cc(N)c(C#N)c(-c3c(C(F)(F)F)c4c5c(nc(OC[C@@]67CCCN6CC(=C(F)F)C7)nc5c3F)N3C[C@H]5CCC(N5)[C@H]3CC4=C)c12. The van der Waals surface area contributed by atoms with Gasteiger partial charge in [-0.05, 0) is 68.2 Å². The van der Waals surface area contributed by atoms with Crippen molar-refractivity contribution in [2.75, 3.05) is 36.9 Å². The van der Waals surface area contributed by atoms with Crippen LogP contribution in [-0.2, 0) is 6.18 Å². The molecular formula is C40H32F7N7O. The van der Waals surface area contributed by atoms with E-state index in [4.69, 9.17) is 21.9 Å². The molecule has 5 aliphatic heterocycles. The normalized spacial score (nSPS) is 24.5. The van der Waals surface area contributed by atoms with Gasteiger partial charge in [0.2, 0.25) is 0 Å². The maximum Gasteiger partial charge on any atom is 0.417 e. The van der Waals surface area contributed by atoms with Gasteiger partial charge < -0.3 is 20.7 Å². The highest BCUT2D eigenvalue weighted by atomic mass is 19.4. The number of halogens is 7. The quantitative estimate of drug-likeness (QED) is 0.124. The van der Waals surface area contributed by atoms with E-state index in [2.05, 4.69) is 22.8 Å². The molecule has 1 unspecified atom stereocenters. The highest BCUT2D eigenvalue weighted by Crippen LogP contribution is 2.54. The smallest absolute Gasteiger partial charge is 0.417 e. The van der Waals surface area contributed by atoms with Crippen LogP contribution in [0.25, 0.3) is 38.4 Å². The van der Waals surface area contributed by atoms with Crippen molar-refractivity contribution >= 4 is 38.8 Å². The third-order valence-corrected chi connectivity index (χ3v) is 12.2. The van der Waals surface area contributed by atoms with E-state index in [1.807, 2.05) is 15.9 Å². The van der Waals surface area contributed by atoms with Crippen LogP contribution in [0.1, 0.15) is 60.8 Å². The predicted octanol–water partition coefficient (Wildman–Crippen LogP) is 7.68. The van der Waals surface area contributed by atoms with Crippen molar-refractivity contribution in [3.63, 3.8) is 0 Å². The Labute approximate surface area is 310 Å². The Bertz CT molecular complexity index is 2500. The van der Waals surface area contributed by atoms with E-state index >= 15 is 22.0 Å². The number of hydrogen-bond donors (Lipinski definition) is 2. The first-order valence-electron chi connectivity index (χ1n) is 17.9. The van der Waals surface area contributed by atoms with E-state index in [0.29, 0.717) is 19.5 Å². The molecule has 3 aromatic carbocycles. The number of nitrogens with one attached hydrogen (secondary N) is 1. The largest absolute Gasteiger partial charge is 0.461 e. The summed E-state index contributed by atoms with van der Waals surface area (Å²) < 4.78 is 114. The number of hydrogen-bond acceptors (Lipinski definition) is 8. The molecule has 5 aliphatic rings. The van der Waals surface area contributed by atoms with E-state index in [9.17, 15) is 14.0 Å². The van der Waals surface area contributed by atoms with Gasteiger partial charge in [0, 0.05) is 58.9 Å². The Morgan fingerprint density at radius 2 is 1.93 bits per heavy atom. The second-order valence-corrected chi connectivity index (χ2v) is 15.1. The molecule has 0 spiro atoms. The molecule has 9 rings (SSSR count). The lowest BCUT2D eigenvalue weighted by atomic mass is 9.82. The zero-order chi connectivity index (χ0) is 38.7. The van der Waals surface area contributed by atoms with Gasteiger partial charge in [-0.25, -0.2) is 8.78 Å². The summed E-state index contributed by atoms with van der Waals surface area (Å²) in [6.45, 7) is 4.97. The second kappa shape index (κ2) is 12.3. The van der Waals surface area contributed by atoms with E-state index < -0.39 is 74.4 Å². The minimum Gasteiger partial charge on any atom is -0.461 e. The Kier molecular flexibility index (Phi) is 7.91. The highest BCUT2D eigenvalue weighted by molar-refractivity contribution is 6.11. The molecule has 55 heavy (non-hydrogen) atoms. The first-order valence-corrected chi connectivity index (χ1v) is 17.9. The number of piperazine rings is 1. The van der Waals surface area contributed by atoms with Crippen molar-refractivity contribution in [3.05, 3.63) is 70.3 Å².